The van der Waals surface area contributed by atoms with Gasteiger partial charge in [0.25, 0.3) is 0 Å². The largest absolute Gasteiger partial charge is 0.379 e. The van der Waals surface area contributed by atoms with Crippen LogP contribution in [0.15, 0.2) is 41.9 Å². The van der Waals surface area contributed by atoms with Gasteiger partial charge >= 0.3 is 0 Å². The van der Waals surface area contributed by atoms with Crippen LogP contribution < -0.4 is 10.6 Å². The van der Waals surface area contributed by atoms with Crippen LogP contribution in [0.1, 0.15) is 24.1 Å². The second kappa shape index (κ2) is 12.3. The average Bonchev–Trinajstić information content (AvgIpc) is 2.62. The van der Waals surface area contributed by atoms with Crippen LogP contribution in [0.2, 0.25) is 0 Å². The Labute approximate surface area is 168 Å². The number of aliphatic imine (C=N–C) groups is 1. The molecule has 0 aliphatic carbocycles. The molecule has 6 heteroatoms. The highest BCUT2D eigenvalue weighted by atomic mass is 127. The van der Waals surface area contributed by atoms with Crippen LogP contribution in [0.3, 0.4) is 0 Å². The van der Waals surface area contributed by atoms with Crippen molar-refractivity contribution in [2.75, 3.05) is 45.9 Å². The Balaban J connectivity index is 0.00000312. The molecule has 2 rings (SSSR count). The summed E-state index contributed by atoms with van der Waals surface area (Å²) in [6.07, 6.45) is 1.84. The molecule has 1 fully saturated rings. The monoisotopic (exact) mass is 458 g/mol. The molecule has 25 heavy (non-hydrogen) atoms. The molecule has 140 valence electrons. The van der Waals surface area contributed by atoms with Gasteiger partial charge in [0.15, 0.2) is 5.96 Å². The maximum atomic E-state index is 5.51. The first kappa shape index (κ1) is 21.9. The van der Waals surface area contributed by atoms with E-state index in [1.807, 2.05) is 6.08 Å². The number of benzene rings is 1. The second-order valence-corrected chi connectivity index (χ2v) is 5.96. The van der Waals surface area contributed by atoms with Gasteiger partial charge in [0.05, 0.1) is 25.8 Å². The maximum Gasteiger partial charge on any atom is 0.191 e. The van der Waals surface area contributed by atoms with Gasteiger partial charge in [-0.05, 0) is 19.4 Å². The Bertz CT molecular complexity index is 527. The van der Waals surface area contributed by atoms with E-state index in [2.05, 4.69) is 60.2 Å². The third-order valence-electron chi connectivity index (χ3n) is 4.13. The van der Waals surface area contributed by atoms with Gasteiger partial charge in [0.2, 0.25) is 0 Å². The molecule has 1 aromatic rings. The van der Waals surface area contributed by atoms with Crippen LogP contribution in [0.25, 0.3) is 0 Å². The minimum Gasteiger partial charge on any atom is -0.379 e. The fourth-order valence-corrected chi connectivity index (χ4v) is 2.80. The minimum absolute atomic E-state index is 0. The number of nitrogens with zero attached hydrogens (tertiary/aromatic N) is 2. The highest BCUT2D eigenvalue weighted by Gasteiger charge is 2.22. The van der Waals surface area contributed by atoms with Crippen molar-refractivity contribution in [3.05, 3.63) is 48.0 Å². The van der Waals surface area contributed by atoms with Crippen LogP contribution in [0, 0.1) is 6.92 Å². The SMILES string of the molecule is C=CCNC(=NCC(c1ccc(C)cc1)N1CCOCC1)NCC.I. The van der Waals surface area contributed by atoms with E-state index in [4.69, 9.17) is 9.73 Å². The molecule has 1 aliphatic rings. The summed E-state index contributed by atoms with van der Waals surface area (Å²) in [5.41, 5.74) is 2.59. The minimum atomic E-state index is 0. The summed E-state index contributed by atoms with van der Waals surface area (Å²) in [5, 5.41) is 6.55. The Morgan fingerprint density at radius 1 is 1.28 bits per heavy atom. The van der Waals surface area contributed by atoms with E-state index in [9.17, 15) is 0 Å². The van der Waals surface area contributed by atoms with Gasteiger partial charge < -0.3 is 15.4 Å². The molecule has 0 bridgehead atoms. The van der Waals surface area contributed by atoms with Gasteiger partial charge in [-0.15, -0.1) is 30.6 Å². The first-order valence-corrected chi connectivity index (χ1v) is 8.76. The molecular formula is C19H31IN4O. The van der Waals surface area contributed by atoms with Gasteiger partial charge in [-0.3, -0.25) is 9.89 Å². The summed E-state index contributed by atoms with van der Waals surface area (Å²) in [6.45, 7) is 13.7. The number of aryl methyl sites for hydroxylation is 1. The first-order chi connectivity index (χ1) is 11.7. The van der Waals surface area contributed by atoms with E-state index in [0.29, 0.717) is 6.54 Å². The van der Waals surface area contributed by atoms with Crippen molar-refractivity contribution >= 4 is 29.9 Å². The van der Waals surface area contributed by atoms with Crippen LogP contribution >= 0.6 is 24.0 Å². The lowest BCUT2D eigenvalue weighted by Crippen LogP contribution is -2.41. The quantitative estimate of drug-likeness (QED) is 0.286. The number of halogens is 1. The summed E-state index contributed by atoms with van der Waals surface area (Å²) < 4.78 is 5.51. The Morgan fingerprint density at radius 2 is 1.96 bits per heavy atom. The van der Waals surface area contributed by atoms with Crippen molar-refractivity contribution in [2.45, 2.75) is 19.9 Å². The van der Waals surface area contributed by atoms with E-state index in [-0.39, 0.29) is 30.0 Å². The van der Waals surface area contributed by atoms with E-state index in [1.165, 1.54) is 11.1 Å². The van der Waals surface area contributed by atoms with Crippen LogP contribution in [0.5, 0.6) is 0 Å². The Hall–Kier alpha value is -1.12. The van der Waals surface area contributed by atoms with Gasteiger partial charge in [0, 0.05) is 26.2 Å². The fraction of sp³-hybridized carbons (Fsp3) is 0.526. The number of hydrogen-bond acceptors (Lipinski definition) is 3. The summed E-state index contributed by atoms with van der Waals surface area (Å²) in [4.78, 5) is 7.26. The summed E-state index contributed by atoms with van der Waals surface area (Å²) >= 11 is 0. The molecule has 5 nitrogen and oxygen atoms in total. The maximum absolute atomic E-state index is 5.51. The van der Waals surface area contributed by atoms with Crippen LogP contribution in [0.4, 0.5) is 0 Å². The highest BCUT2D eigenvalue weighted by Crippen LogP contribution is 2.22. The molecule has 1 aliphatic heterocycles. The summed E-state index contributed by atoms with van der Waals surface area (Å²) in [6, 6.07) is 9.06. The molecule has 1 heterocycles. The molecule has 0 spiro atoms. The number of hydrogen-bond donors (Lipinski definition) is 2. The number of rotatable bonds is 7. The van der Waals surface area contributed by atoms with Gasteiger partial charge in [-0.1, -0.05) is 35.9 Å². The van der Waals surface area contributed by atoms with Gasteiger partial charge in [-0.2, -0.15) is 0 Å². The Kier molecular flexibility index (Phi) is 10.8. The molecule has 1 saturated heterocycles. The number of nitrogens with one attached hydrogen (secondary N) is 2. The Morgan fingerprint density at radius 3 is 2.56 bits per heavy atom. The van der Waals surface area contributed by atoms with Crippen LogP contribution in [-0.4, -0.2) is 56.8 Å². The predicted molar refractivity (Wildman–Crippen MR) is 116 cm³/mol. The smallest absolute Gasteiger partial charge is 0.191 e. The van der Waals surface area contributed by atoms with Crippen molar-refractivity contribution < 1.29 is 4.74 Å². The summed E-state index contributed by atoms with van der Waals surface area (Å²) in [7, 11) is 0. The third kappa shape index (κ3) is 7.33. The predicted octanol–water partition coefficient (Wildman–Crippen LogP) is 2.73. The lowest BCUT2D eigenvalue weighted by atomic mass is 10.0. The summed E-state index contributed by atoms with van der Waals surface area (Å²) in [5.74, 6) is 0.836. The van der Waals surface area contributed by atoms with Gasteiger partial charge in [0.1, 0.15) is 0 Å². The standard InChI is InChI=1S/C19H30N4O.HI/c1-4-10-21-19(20-5-2)22-15-18(23-11-13-24-14-12-23)17-8-6-16(3)7-9-17;/h4,6-9,18H,1,5,10-15H2,2-3H3,(H2,20,21,22);1H. The van der Waals surface area contributed by atoms with Crippen molar-refractivity contribution in [3.63, 3.8) is 0 Å². The molecule has 0 saturated carbocycles. The zero-order valence-corrected chi connectivity index (χ0v) is 17.7. The van der Waals surface area contributed by atoms with E-state index in [0.717, 1.165) is 45.4 Å². The molecule has 1 atom stereocenters. The van der Waals surface area contributed by atoms with Crippen molar-refractivity contribution in [1.29, 1.82) is 0 Å². The van der Waals surface area contributed by atoms with E-state index in [1.54, 1.807) is 0 Å². The third-order valence-corrected chi connectivity index (χ3v) is 4.13. The second-order valence-electron chi connectivity index (χ2n) is 5.96. The van der Waals surface area contributed by atoms with Crippen molar-refractivity contribution in [2.24, 2.45) is 4.99 Å². The molecule has 0 amide bonds. The molecular weight excluding hydrogens is 427 g/mol. The lowest BCUT2D eigenvalue weighted by molar-refractivity contribution is 0.0179. The molecule has 1 unspecified atom stereocenters. The van der Waals surface area contributed by atoms with E-state index >= 15 is 0 Å². The molecule has 0 radical (unpaired) electrons. The lowest BCUT2D eigenvalue weighted by Gasteiger charge is -2.34. The zero-order chi connectivity index (χ0) is 17.2. The van der Waals surface area contributed by atoms with Crippen LogP contribution in [-0.2, 0) is 4.74 Å². The number of ether oxygens (including phenoxy) is 1. The highest BCUT2D eigenvalue weighted by molar-refractivity contribution is 14.0. The van der Waals surface area contributed by atoms with E-state index < -0.39 is 0 Å². The topological polar surface area (TPSA) is 48.9 Å². The molecule has 2 N–H and O–H groups in total. The zero-order valence-electron chi connectivity index (χ0n) is 15.3. The number of guanidine groups is 1. The average molecular weight is 458 g/mol. The molecule has 0 aromatic heterocycles. The van der Waals surface area contributed by atoms with Crippen molar-refractivity contribution in [1.82, 2.24) is 15.5 Å². The number of morpholine rings is 1. The normalized spacial score (nSPS) is 16.6. The first-order valence-electron chi connectivity index (χ1n) is 8.76. The molecule has 1 aromatic carbocycles. The fourth-order valence-electron chi connectivity index (χ4n) is 2.80. The van der Waals surface area contributed by atoms with Gasteiger partial charge in [-0.25, -0.2) is 0 Å². The van der Waals surface area contributed by atoms with Crippen molar-refractivity contribution in [3.8, 4) is 0 Å².